The molecule has 0 bridgehead atoms. The van der Waals surface area contributed by atoms with Crippen molar-refractivity contribution in [1.82, 2.24) is 0 Å². The van der Waals surface area contributed by atoms with Crippen LogP contribution in [-0.4, -0.2) is 26.8 Å². The minimum absolute atomic E-state index is 0.162. The van der Waals surface area contributed by atoms with E-state index in [1.165, 1.54) is 0 Å². The van der Waals surface area contributed by atoms with Crippen LogP contribution in [0.5, 0.6) is 0 Å². The van der Waals surface area contributed by atoms with Crippen molar-refractivity contribution in [3.05, 3.63) is 9.47 Å². The SMILES string of the molecule is COC1CC(C=C(Br)Br)C(OC)O1. The Bertz CT molecular complexity index is 192. The predicted octanol–water partition coefficient (Wildman–Crippen LogP) is 2.60. The van der Waals surface area contributed by atoms with E-state index < -0.39 is 0 Å². The Labute approximate surface area is 94.7 Å². The summed E-state index contributed by atoms with van der Waals surface area (Å²) in [6.07, 6.45) is 2.45. The highest BCUT2D eigenvalue weighted by Crippen LogP contribution is 2.31. The fourth-order valence-corrected chi connectivity index (χ4v) is 2.01. The van der Waals surface area contributed by atoms with Crippen molar-refractivity contribution in [3.8, 4) is 0 Å². The standard InChI is InChI=1S/C8H12Br2O3/c1-11-7-4-5(3-6(9)10)8(12-2)13-7/h3,5,7-8H,4H2,1-2H3. The summed E-state index contributed by atoms with van der Waals surface area (Å²) in [5.74, 6) is 0.226. The van der Waals surface area contributed by atoms with Crippen molar-refractivity contribution >= 4 is 31.9 Å². The fraction of sp³-hybridized carbons (Fsp3) is 0.750. The number of halogens is 2. The molecule has 5 heteroatoms. The Morgan fingerprint density at radius 3 is 2.54 bits per heavy atom. The molecule has 1 rings (SSSR count). The van der Waals surface area contributed by atoms with E-state index in [1.54, 1.807) is 14.2 Å². The molecule has 3 unspecified atom stereocenters. The van der Waals surface area contributed by atoms with Gasteiger partial charge in [-0.25, -0.2) is 0 Å². The summed E-state index contributed by atoms with van der Waals surface area (Å²) in [6, 6.07) is 0. The predicted molar refractivity (Wildman–Crippen MR) is 56.7 cm³/mol. The molecule has 13 heavy (non-hydrogen) atoms. The van der Waals surface area contributed by atoms with Crippen LogP contribution in [0.15, 0.2) is 9.47 Å². The first kappa shape index (κ1) is 11.7. The number of ether oxygens (including phenoxy) is 3. The van der Waals surface area contributed by atoms with E-state index in [9.17, 15) is 0 Å². The van der Waals surface area contributed by atoms with Crippen molar-refractivity contribution in [2.45, 2.75) is 19.0 Å². The average Bonchev–Trinajstić information content (AvgIpc) is 2.46. The first-order chi connectivity index (χ1) is 6.17. The lowest BCUT2D eigenvalue weighted by Crippen LogP contribution is -2.17. The molecule has 3 atom stereocenters. The van der Waals surface area contributed by atoms with E-state index >= 15 is 0 Å². The van der Waals surface area contributed by atoms with Gasteiger partial charge in [0, 0.05) is 26.6 Å². The maximum atomic E-state index is 5.44. The number of rotatable bonds is 3. The van der Waals surface area contributed by atoms with Crippen LogP contribution in [0.1, 0.15) is 6.42 Å². The molecule has 0 amide bonds. The van der Waals surface area contributed by atoms with Gasteiger partial charge in [0.1, 0.15) is 0 Å². The van der Waals surface area contributed by atoms with Gasteiger partial charge in [-0.1, -0.05) is 6.08 Å². The van der Waals surface area contributed by atoms with Gasteiger partial charge in [0.05, 0.1) is 3.39 Å². The molecular weight excluding hydrogens is 304 g/mol. The van der Waals surface area contributed by atoms with Crippen LogP contribution in [0.25, 0.3) is 0 Å². The van der Waals surface area contributed by atoms with Gasteiger partial charge in [-0.3, -0.25) is 0 Å². The molecule has 1 heterocycles. The molecule has 1 fully saturated rings. The second-order valence-electron chi connectivity index (χ2n) is 2.76. The topological polar surface area (TPSA) is 27.7 Å². The smallest absolute Gasteiger partial charge is 0.166 e. The largest absolute Gasteiger partial charge is 0.356 e. The average molecular weight is 316 g/mol. The summed E-state index contributed by atoms with van der Waals surface area (Å²) in [7, 11) is 3.26. The second-order valence-corrected chi connectivity index (χ2v) is 5.53. The molecule has 0 saturated carbocycles. The van der Waals surface area contributed by atoms with Crippen molar-refractivity contribution < 1.29 is 14.2 Å². The molecule has 0 spiro atoms. The van der Waals surface area contributed by atoms with Crippen LogP contribution >= 0.6 is 31.9 Å². The minimum Gasteiger partial charge on any atom is -0.356 e. The Balaban J connectivity index is 2.58. The molecule has 0 aromatic rings. The van der Waals surface area contributed by atoms with Crippen molar-refractivity contribution in [3.63, 3.8) is 0 Å². The zero-order chi connectivity index (χ0) is 9.84. The zero-order valence-electron chi connectivity index (χ0n) is 7.50. The molecule has 1 aliphatic heterocycles. The maximum absolute atomic E-state index is 5.44. The van der Waals surface area contributed by atoms with Gasteiger partial charge in [-0.15, -0.1) is 0 Å². The normalized spacial score (nSPS) is 33.4. The van der Waals surface area contributed by atoms with Gasteiger partial charge in [0.2, 0.25) is 0 Å². The van der Waals surface area contributed by atoms with Crippen LogP contribution in [-0.2, 0) is 14.2 Å². The molecule has 1 aliphatic rings. The summed E-state index contributed by atoms with van der Waals surface area (Å²) >= 11 is 6.62. The molecule has 0 N–H and O–H groups in total. The fourth-order valence-electron chi connectivity index (χ4n) is 1.33. The Kier molecular flexibility index (Phi) is 4.89. The molecular formula is C8H12Br2O3. The van der Waals surface area contributed by atoms with Crippen LogP contribution in [0.2, 0.25) is 0 Å². The molecule has 0 aromatic carbocycles. The van der Waals surface area contributed by atoms with E-state index in [0.29, 0.717) is 0 Å². The van der Waals surface area contributed by atoms with E-state index in [4.69, 9.17) is 14.2 Å². The van der Waals surface area contributed by atoms with Crippen molar-refractivity contribution in [2.75, 3.05) is 14.2 Å². The second kappa shape index (κ2) is 5.46. The van der Waals surface area contributed by atoms with Crippen molar-refractivity contribution in [2.24, 2.45) is 5.92 Å². The van der Waals surface area contributed by atoms with Gasteiger partial charge < -0.3 is 14.2 Å². The monoisotopic (exact) mass is 314 g/mol. The third-order valence-corrected chi connectivity index (χ3v) is 2.46. The third kappa shape index (κ3) is 3.32. The minimum atomic E-state index is -0.213. The van der Waals surface area contributed by atoms with Gasteiger partial charge in [-0.05, 0) is 31.9 Å². The molecule has 0 aromatic heterocycles. The van der Waals surface area contributed by atoms with Crippen molar-refractivity contribution in [1.29, 1.82) is 0 Å². The molecule has 3 nitrogen and oxygen atoms in total. The Hall–Kier alpha value is 0.580. The van der Waals surface area contributed by atoms with E-state index in [2.05, 4.69) is 31.9 Å². The van der Waals surface area contributed by atoms with E-state index in [-0.39, 0.29) is 18.5 Å². The molecule has 1 saturated heterocycles. The van der Waals surface area contributed by atoms with Gasteiger partial charge in [-0.2, -0.15) is 0 Å². The third-order valence-electron chi connectivity index (χ3n) is 1.94. The van der Waals surface area contributed by atoms with Crippen LogP contribution in [0.4, 0.5) is 0 Å². The summed E-state index contributed by atoms with van der Waals surface area (Å²) in [6.45, 7) is 0. The number of hydrogen-bond acceptors (Lipinski definition) is 3. The quantitative estimate of drug-likeness (QED) is 0.801. The summed E-state index contributed by atoms with van der Waals surface area (Å²) in [5.41, 5.74) is 0. The van der Waals surface area contributed by atoms with Gasteiger partial charge in [0.25, 0.3) is 0 Å². The summed E-state index contributed by atoms with van der Waals surface area (Å²) < 4.78 is 16.6. The Morgan fingerprint density at radius 1 is 1.38 bits per heavy atom. The van der Waals surface area contributed by atoms with Crippen LogP contribution < -0.4 is 0 Å². The zero-order valence-corrected chi connectivity index (χ0v) is 10.7. The lowest BCUT2D eigenvalue weighted by molar-refractivity contribution is -0.190. The molecule has 0 radical (unpaired) electrons. The highest BCUT2D eigenvalue weighted by Gasteiger charge is 2.34. The summed E-state index contributed by atoms with van der Waals surface area (Å²) in [4.78, 5) is 0. The molecule has 76 valence electrons. The lowest BCUT2D eigenvalue weighted by atomic mass is 10.1. The van der Waals surface area contributed by atoms with Gasteiger partial charge in [0.15, 0.2) is 12.6 Å². The first-order valence-corrected chi connectivity index (χ1v) is 5.50. The van der Waals surface area contributed by atoms with Crippen LogP contribution in [0, 0.1) is 5.92 Å². The maximum Gasteiger partial charge on any atom is 0.166 e. The number of methoxy groups -OCH3 is 2. The Morgan fingerprint density at radius 2 is 2.08 bits per heavy atom. The van der Waals surface area contributed by atoms with Gasteiger partial charge >= 0.3 is 0 Å². The van der Waals surface area contributed by atoms with E-state index in [0.717, 1.165) is 9.81 Å². The molecule has 0 aliphatic carbocycles. The van der Waals surface area contributed by atoms with E-state index in [1.807, 2.05) is 6.08 Å². The number of hydrogen-bond donors (Lipinski definition) is 0. The highest BCUT2D eigenvalue weighted by atomic mass is 79.9. The summed E-state index contributed by atoms with van der Waals surface area (Å²) in [5, 5.41) is 0. The van der Waals surface area contributed by atoms with Crippen LogP contribution in [0.3, 0.4) is 0 Å². The lowest BCUT2D eigenvalue weighted by Gasteiger charge is -2.12. The highest BCUT2D eigenvalue weighted by molar-refractivity contribution is 9.28. The first-order valence-electron chi connectivity index (χ1n) is 3.91.